The van der Waals surface area contributed by atoms with Crippen LogP contribution in [0, 0.1) is 0 Å². The van der Waals surface area contributed by atoms with Gasteiger partial charge in [-0.05, 0) is 35.9 Å². The zero-order valence-corrected chi connectivity index (χ0v) is 19.2. The summed E-state index contributed by atoms with van der Waals surface area (Å²) in [6.07, 6.45) is 3.99. The van der Waals surface area contributed by atoms with Gasteiger partial charge in [-0.1, -0.05) is 58.4 Å². The highest BCUT2D eigenvalue weighted by Crippen LogP contribution is 2.34. The van der Waals surface area contributed by atoms with E-state index in [2.05, 4.69) is 48.6 Å². The molecule has 1 aliphatic rings. The fraction of sp³-hybridized carbons (Fsp3) is 0.120. The Kier molecular flexibility index (Phi) is 5.99. The van der Waals surface area contributed by atoms with Crippen LogP contribution in [-0.4, -0.2) is 25.8 Å². The van der Waals surface area contributed by atoms with Gasteiger partial charge in [0.1, 0.15) is 12.4 Å². The Morgan fingerprint density at radius 3 is 2.73 bits per heavy atom. The second kappa shape index (κ2) is 9.38. The first-order valence-electron chi connectivity index (χ1n) is 10.5. The zero-order chi connectivity index (χ0) is 22.6. The van der Waals surface area contributed by atoms with E-state index >= 15 is 0 Å². The molecule has 0 saturated heterocycles. The number of amides is 1. The molecule has 0 saturated carbocycles. The van der Waals surface area contributed by atoms with Gasteiger partial charge in [-0.3, -0.25) is 9.55 Å². The molecule has 1 amide bonds. The van der Waals surface area contributed by atoms with Crippen LogP contribution in [-0.2, 0) is 24.3 Å². The van der Waals surface area contributed by atoms with Crippen LogP contribution in [0.4, 0.5) is 4.79 Å². The van der Waals surface area contributed by atoms with E-state index in [0.29, 0.717) is 12.2 Å². The quantitative estimate of drug-likeness (QED) is 0.423. The van der Waals surface area contributed by atoms with Gasteiger partial charge in [0.2, 0.25) is 0 Å². The molecule has 7 nitrogen and oxygen atoms in total. The molecule has 2 aromatic carbocycles. The van der Waals surface area contributed by atoms with Crippen LogP contribution in [0.5, 0.6) is 0 Å². The second-order valence-corrected chi connectivity index (χ2v) is 8.40. The van der Waals surface area contributed by atoms with E-state index in [4.69, 9.17) is 4.74 Å². The first-order chi connectivity index (χ1) is 16.2. The van der Waals surface area contributed by atoms with E-state index in [1.54, 1.807) is 6.20 Å². The van der Waals surface area contributed by atoms with Gasteiger partial charge in [0.25, 0.3) is 0 Å². The standard InChI is InChI=1S/C25H20BrN5O2/c26-18-9-11-22-20(14-18)19(21-8-4-5-13-27-21)10-12-23-29-30-24(31(22)23)15-28-25(32)33-16-17-6-2-1-3-7-17/h1-11,13-14H,12,15-16H2,(H,28,32). The first kappa shape index (κ1) is 21.1. The van der Waals surface area contributed by atoms with Gasteiger partial charge in [-0.2, -0.15) is 0 Å². The van der Waals surface area contributed by atoms with Gasteiger partial charge in [0.15, 0.2) is 5.82 Å². The van der Waals surface area contributed by atoms with Crippen molar-refractivity contribution in [1.29, 1.82) is 0 Å². The topological polar surface area (TPSA) is 81.9 Å². The number of alkyl carbamates (subject to hydrolysis) is 1. The molecule has 0 radical (unpaired) electrons. The molecule has 1 N–H and O–H groups in total. The van der Waals surface area contributed by atoms with Crippen molar-refractivity contribution in [2.24, 2.45) is 0 Å². The maximum atomic E-state index is 12.3. The van der Waals surface area contributed by atoms with Crippen LogP contribution in [0.3, 0.4) is 0 Å². The van der Waals surface area contributed by atoms with Crippen molar-refractivity contribution < 1.29 is 9.53 Å². The highest BCUT2D eigenvalue weighted by atomic mass is 79.9. The predicted octanol–water partition coefficient (Wildman–Crippen LogP) is 4.84. The predicted molar refractivity (Wildman–Crippen MR) is 128 cm³/mol. The lowest BCUT2D eigenvalue weighted by Crippen LogP contribution is -2.25. The number of aromatic nitrogens is 4. The molecule has 33 heavy (non-hydrogen) atoms. The van der Waals surface area contributed by atoms with Crippen molar-refractivity contribution in [3.63, 3.8) is 0 Å². The largest absolute Gasteiger partial charge is 0.445 e. The van der Waals surface area contributed by atoms with Crippen LogP contribution in [0.15, 0.2) is 83.5 Å². The molecule has 0 atom stereocenters. The summed E-state index contributed by atoms with van der Waals surface area (Å²) in [4.78, 5) is 16.8. The van der Waals surface area contributed by atoms with E-state index in [1.807, 2.05) is 65.2 Å². The van der Waals surface area contributed by atoms with Crippen LogP contribution in [0.25, 0.3) is 11.3 Å². The van der Waals surface area contributed by atoms with Crippen molar-refractivity contribution in [1.82, 2.24) is 25.1 Å². The Hall–Kier alpha value is -3.78. The zero-order valence-electron chi connectivity index (χ0n) is 17.6. The minimum atomic E-state index is -0.506. The molecule has 4 aromatic rings. The van der Waals surface area contributed by atoms with Gasteiger partial charge in [-0.25, -0.2) is 4.79 Å². The average Bonchev–Trinajstić information content (AvgIpc) is 3.18. The molecule has 0 spiro atoms. The Morgan fingerprint density at radius 1 is 1.06 bits per heavy atom. The third kappa shape index (κ3) is 4.56. The summed E-state index contributed by atoms with van der Waals surface area (Å²) in [6, 6.07) is 21.5. The van der Waals surface area contributed by atoms with Crippen molar-refractivity contribution >= 4 is 27.6 Å². The van der Waals surface area contributed by atoms with E-state index < -0.39 is 6.09 Å². The minimum Gasteiger partial charge on any atom is -0.445 e. The molecular formula is C25H20BrN5O2. The number of hydrogen-bond donors (Lipinski definition) is 1. The fourth-order valence-corrected chi connectivity index (χ4v) is 4.15. The molecular weight excluding hydrogens is 482 g/mol. The van der Waals surface area contributed by atoms with E-state index in [0.717, 1.165) is 38.4 Å². The number of carbonyl (C=O) groups excluding carboxylic acids is 1. The molecule has 3 heterocycles. The van der Waals surface area contributed by atoms with Gasteiger partial charge >= 0.3 is 6.09 Å². The Bertz CT molecular complexity index is 1320. The lowest BCUT2D eigenvalue weighted by molar-refractivity contribution is 0.139. The monoisotopic (exact) mass is 501 g/mol. The summed E-state index contributed by atoms with van der Waals surface area (Å²) in [5, 5.41) is 11.5. The SMILES string of the molecule is O=C(NCc1nnc2n1-c1ccc(Br)cc1C(c1ccccn1)=CC2)OCc1ccccc1. The minimum absolute atomic E-state index is 0.190. The van der Waals surface area contributed by atoms with Crippen molar-refractivity contribution in [3.8, 4) is 5.69 Å². The first-order valence-corrected chi connectivity index (χ1v) is 11.3. The molecule has 0 aliphatic carbocycles. The second-order valence-electron chi connectivity index (χ2n) is 7.48. The normalized spacial score (nSPS) is 12.2. The number of carbonyl (C=O) groups is 1. The fourth-order valence-electron chi connectivity index (χ4n) is 3.79. The summed E-state index contributed by atoms with van der Waals surface area (Å²) in [5.41, 5.74) is 4.78. The van der Waals surface area contributed by atoms with Crippen LogP contribution < -0.4 is 5.32 Å². The highest BCUT2D eigenvalue weighted by Gasteiger charge is 2.23. The lowest BCUT2D eigenvalue weighted by atomic mass is 10.00. The molecule has 2 aromatic heterocycles. The van der Waals surface area contributed by atoms with Gasteiger partial charge in [0.05, 0.1) is 17.9 Å². The number of fused-ring (bicyclic) bond motifs is 3. The Labute approximate surface area is 199 Å². The smallest absolute Gasteiger partial charge is 0.407 e. The maximum absolute atomic E-state index is 12.3. The average molecular weight is 502 g/mol. The summed E-state index contributed by atoms with van der Waals surface area (Å²) in [5.74, 6) is 1.42. The van der Waals surface area contributed by atoms with Crippen LogP contribution in [0.2, 0.25) is 0 Å². The van der Waals surface area contributed by atoms with Crippen molar-refractivity contribution in [3.05, 3.63) is 112 Å². The molecule has 1 aliphatic heterocycles. The number of rotatable bonds is 5. The third-order valence-electron chi connectivity index (χ3n) is 5.32. The number of ether oxygens (including phenoxy) is 1. The Morgan fingerprint density at radius 2 is 1.91 bits per heavy atom. The van der Waals surface area contributed by atoms with Crippen molar-refractivity contribution in [2.75, 3.05) is 0 Å². The summed E-state index contributed by atoms with van der Waals surface area (Å²) < 4.78 is 8.28. The number of nitrogens with one attached hydrogen (secondary N) is 1. The van der Waals surface area contributed by atoms with Crippen LogP contribution >= 0.6 is 15.9 Å². The number of nitrogens with zero attached hydrogens (tertiary/aromatic N) is 4. The summed E-state index contributed by atoms with van der Waals surface area (Å²) in [7, 11) is 0. The molecule has 164 valence electrons. The molecule has 0 unspecified atom stereocenters. The number of allylic oxidation sites excluding steroid dienone is 1. The number of pyridine rings is 1. The number of halogens is 1. The number of benzene rings is 2. The van der Waals surface area contributed by atoms with Gasteiger partial charge in [0, 0.05) is 28.2 Å². The molecule has 8 heteroatoms. The lowest BCUT2D eigenvalue weighted by Gasteiger charge is -2.15. The maximum Gasteiger partial charge on any atom is 0.407 e. The highest BCUT2D eigenvalue weighted by molar-refractivity contribution is 9.10. The Balaban J connectivity index is 1.40. The molecule has 0 fully saturated rings. The number of hydrogen-bond acceptors (Lipinski definition) is 5. The van der Waals surface area contributed by atoms with E-state index in [9.17, 15) is 4.79 Å². The van der Waals surface area contributed by atoms with E-state index in [1.165, 1.54) is 0 Å². The molecule has 0 bridgehead atoms. The summed E-state index contributed by atoms with van der Waals surface area (Å²) >= 11 is 3.59. The van der Waals surface area contributed by atoms with Crippen LogP contribution in [0.1, 0.15) is 28.5 Å². The molecule has 5 rings (SSSR count). The summed E-state index contributed by atoms with van der Waals surface area (Å²) in [6.45, 7) is 0.397. The van der Waals surface area contributed by atoms with Gasteiger partial charge < -0.3 is 10.1 Å². The van der Waals surface area contributed by atoms with Gasteiger partial charge in [-0.15, -0.1) is 10.2 Å². The van der Waals surface area contributed by atoms with Crippen molar-refractivity contribution in [2.45, 2.75) is 19.6 Å². The van der Waals surface area contributed by atoms with E-state index in [-0.39, 0.29) is 13.2 Å². The third-order valence-corrected chi connectivity index (χ3v) is 5.81.